The Balaban J connectivity index is 2.26. The molecule has 1 aromatic carbocycles. The van der Waals surface area contributed by atoms with Gasteiger partial charge in [0.05, 0.1) is 0 Å². The van der Waals surface area contributed by atoms with Crippen LogP contribution in [-0.4, -0.2) is 10.5 Å². The highest BCUT2D eigenvalue weighted by Gasteiger charge is 2.14. The van der Waals surface area contributed by atoms with E-state index in [1.807, 2.05) is 24.6 Å². The molecule has 0 radical (unpaired) electrons. The van der Waals surface area contributed by atoms with Crippen LogP contribution in [0.25, 0.3) is 0 Å². The van der Waals surface area contributed by atoms with Crippen LogP contribution in [0.1, 0.15) is 29.4 Å². The summed E-state index contributed by atoms with van der Waals surface area (Å²) in [6.45, 7) is 4.64. The molecule has 1 heterocycles. The molecular weight excluding hydrogens is 323 g/mol. The van der Waals surface area contributed by atoms with Crippen molar-refractivity contribution in [1.82, 2.24) is 4.57 Å². The van der Waals surface area contributed by atoms with Gasteiger partial charge in [-0.2, -0.15) is 0 Å². The molecule has 3 nitrogen and oxygen atoms in total. The van der Waals surface area contributed by atoms with Gasteiger partial charge >= 0.3 is 0 Å². The topological polar surface area (TPSA) is 34.0 Å². The standard InChI is InChI=1S/C15H16BrFN2O/c1-3-6-19-9-11(16)7-14(19)15(20)18-13-8-12(17)5-4-10(13)2/h4-5,7-9H,3,6H2,1-2H3,(H,18,20). The zero-order chi connectivity index (χ0) is 14.7. The van der Waals surface area contributed by atoms with Crippen molar-refractivity contribution in [3.05, 3.63) is 52.0 Å². The van der Waals surface area contributed by atoms with Crippen molar-refractivity contribution in [2.24, 2.45) is 0 Å². The van der Waals surface area contributed by atoms with Gasteiger partial charge in [0.2, 0.25) is 0 Å². The van der Waals surface area contributed by atoms with E-state index in [1.54, 1.807) is 12.1 Å². The smallest absolute Gasteiger partial charge is 0.272 e. The molecular formula is C15H16BrFN2O. The van der Waals surface area contributed by atoms with Crippen molar-refractivity contribution in [3.63, 3.8) is 0 Å². The Morgan fingerprint density at radius 3 is 2.85 bits per heavy atom. The molecule has 0 saturated heterocycles. The Morgan fingerprint density at radius 2 is 2.15 bits per heavy atom. The van der Waals surface area contributed by atoms with E-state index in [4.69, 9.17) is 0 Å². The number of amides is 1. The fourth-order valence-electron chi connectivity index (χ4n) is 2.01. The number of halogens is 2. The van der Waals surface area contributed by atoms with Gasteiger partial charge in [0.25, 0.3) is 5.91 Å². The monoisotopic (exact) mass is 338 g/mol. The number of aromatic nitrogens is 1. The first-order valence-electron chi connectivity index (χ1n) is 6.44. The predicted molar refractivity (Wildman–Crippen MR) is 81.5 cm³/mol. The molecule has 0 unspecified atom stereocenters. The van der Waals surface area contributed by atoms with Crippen LogP contribution in [0, 0.1) is 12.7 Å². The first-order valence-corrected chi connectivity index (χ1v) is 7.23. The molecule has 1 aromatic heterocycles. The number of hydrogen-bond acceptors (Lipinski definition) is 1. The minimum atomic E-state index is -0.365. The maximum Gasteiger partial charge on any atom is 0.272 e. The van der Waals surface area contributed by atoms with E-state index in [9.17, 15) is 9.18 Å². The lowest BCUT2D eigenvalue weighted by molar-refractivity contribution is 0.101. The summed E-state index contributed by atoms with van der Waals surface area (Å²) in [5.41, 5.74) is 1.88. The quantitative estimate of drug-likeness (QED) is 0.882. The number of aryl methyl sites for hydroxylation is 2. The molecule has 0 aliphatic heterocycles. The fraction of sp³-hybridized carbons (Fsp3) is 0.267. The highest BCUT2D eigenvalue weighted by Crippen LogP contribution is 2.20. The number of nitrogens with one attached hydrogen (secondary N) is 1. The summed E-state index contributed by atoms with van der Waals surface area (Å²) in [6, 6.07) is 6.11. The third kappa shape index (κ3) is 3.28. The van der Waals surface area contributed by atoms with E-state index in [0.29, 0.717) is 11.4 Å². The second kappa shape index (κ2) is 6.22. The zero-order valence-corrected chi connectivity index (χ0v) is 13.0. The SMILES string of the molecule is CCCn1cc(Br)cc1C(=O)Nc1cc(F)ccc1C. The van der Waals surface area contributed by atoms with Gasteiger partial charge in [-0.25, -0.2) is 4.39 Å². The second-order valence-corrected chi connectivity index (χ2v) is 5.57. The van der Waals surface area contributed by atoms with Crippen LogP contribution in [0.5, 0.6) is 0 Å². The summed E-state index contributed by atoms with van der Waals surface area (Å²) in [4.78, 5) is 12.3. The average molecular weight is 339 g/mol. The van der Waals surface area contributed by atoms with Crippen LogP contribution >= 0.6 is 15.9 Å². The number of carbonyl (C=O) groups excluding carboxylic acids is 1. The Bertz CT molecular complexity index is 637. The van der Waals surface area contributed by atoms with Crippen molar-refractivity contribution < 1.29 is 9.18 Å². The number of hydrogen-bond donors (Lipinski definition) is 1. The molecule has 0 atom stereocenters. The Kier molecular flexibility index (Phi) is 4.60. The Labute approximate surface area is 125 Å². The van der Waals surface area contributed by atoms with E-state index >= 15 is 0 Å². The van der Waals surface area contributed by atoms with Gasteiger partial charge in [-0.05, 0) is 53.0 Å². The summed E-state index contributed by atoms with van der Waals surface area (Å²) >= 11 is 3.37. The second-order valence-electron chi connectivity index (χ2n) is 4.65. The molecule has 1 N–H and O–H groups in total. The number of rotatable bonds is 4. The van der Waals surface area contributed by atoms with Gasteiger partial charge in [0.1, 0.15) is 11.5 Å². The number of carbonyl (C=O) groups is 1. The lowest BCUT2D eigenvalue weighted by Crippen LogP contribution is -2.17. The first kappa shape index (κ1) is 14.8. The lowest BCUT2D eigenvalue weighted by Gasteiger charge is -2.10. The zero-order valence-electron chi connectivity index (χ0n) is 11.4. The van der Waals surface area contributed by atoms with Crippen molar-refractivity contribution >= 4 is 27.5 Å². The molecule has 2 aromatic rings. The van der Waals surface area contributed by atoms with E-state index < -0.39 is 0 Å². The maximum absolute atomic E-state index is 13.2. The number of anilines is 1. The summed E-state index contributed by atoms with van der Waals surface area (Å²) < 4.78 is 16.0. The van der Waals surface area contributed by atoms with E-state index in [-0.39, 0.29) is 11.7 Å². The third-order valence-electron chi connectivity index (χ3n) is 3.01. The largest absolute Gasteiger partial charge is 0.342 e. The van der Waals surface area contributed by atoms with Crippen LogP contribution in [0.2, 0.25) is 0 Å². The molecule has 2 rings (SSSR count). The molecule has 0 spiro atoms. The Hall–Kier alpha value is -1.62. The van der Waals surface area contributed by atoms with Gasteiger partial charge in [0, 0.05) is 22.9 Å². The van der Waals surface area contributed by atoms with Crippen molar-refractivity contribution in [2.75, 3.05) is 5.32 Å². The van der Waals surface area contributed by atoms with Crippen LogP contribution in [0.4, 0.5) is 10.1 Å². The van der Waals surface area contributed by atoms with E-state index in [2.05, 4.69) is 21.2 Å². The van der Waals surface area contributed by atoms with Crippen molar-refractivity contribution in [3.8, 4) is 0 Å². The summed E-state index contributed by atoms with van der Waals surface area (Å²) in [5.74, 6) is -0.603. The van der Waals surface area contributed by atoms with Gasteiger partial charge in [-0.15, -0.1) is 0 Å². The fourth-order valence-corrected chi connectivity index (χ4v) is 2.47. The molecule has 0 aliphatic carbocycles. The van der Waals surface area contributed by atoms with Crippen LogP contribution in [0.15, 0.2) is 34.9 Å². The Morgan fingerprint density at radius 1 is 1.40 bits per heavy atom. The molecule has 106 valence electrons. The minimum Gasteiger partial charge on any atom is -0.342 e. The molecule has 0 bridgehead atoms. The average Bonchev–Trinajstić information content (AvgIpc) is 2.75. The summed E-state index contributed by atoms with van der Waals surface area (Å²) in [5, 5.41) is 2.76. The van der Waals surface area contributed by atoms with Crippen LogP contribution in [0.3, 0.4) is 0 Å². The normalized spacial score (nSPS) is 10.6. The molecule has 5 heteroatoms. The lowest BCUT2D eigenvalue weighted by atomic mass is 10.2. The van der Waals surface area contributed by atoms with Gasteiger partial charge in [0.15, 0.2) is 0 Å². The predicted octanol–water partition coefficient (Wildman–Crippen LogP) is 4.36. The molecule has 1 amide bonds. The third-order valence-corrected chi connectivity index (χ3v) is 3.44. The number of benzene rings is 1. The van der Waals surface area contributed by atoms with Crippen LogP contribution < -0.4 is 5.32 Å². The van der Waals surface area contributed by atoms with Gasteiger partial charge in [-0.3, -0.25) is 4.79 Å². The maximum atomic E-state index is 13.2. The highest BCUT2D eigenvalue weighted by atomic mass is 79.9. The first-order chi connectivity index (χ1) is 9.51. The minimum absolute atomic E-state index is 0.238. The van der Waals surface area contributed by atoms with E-state index in [1.165, 1.54) is 12.1 Å². The van der Waals surface area contributed by atoms with E-state index in [0.717, 1.165) is 23.0 Å². The summed E-state index contributed by atoms with van der Waals surface area (Å²) in [6.07, 6.45) is 2.80. The molecule has 0 fully saturated rings. The highest BCUT2D eigenvalue weighted by molar-refractivity contribution is 9.10. The summed E-state index contributed by atoms with van der Waals surface area (Å²) in [7, 11) is 0. The molecule has 0 saturated carbocycles. The molecule has 0 aliphatic rings. The number of nitrogens with zero attached hydrogens (tertiary/aromatic N) is 1. The van der Waals surface area contributed by atoms with Crippen molar-refractivity contribution in [1.29, 1.82) is 0 Å². The van der Waals surface area contributed by atoms with Crippen molar-refractivity contribution in [2.45, 2.75) is 26.8 Å². The van der Waals surface area contributed by atoms with Gasteiger partial charge < -0.3 is 9.88 Å². The van der Waals surface area contributed by atoms with Gasteiger partial charge in [-0.1, -0.05) is 13.0 Å². The molecule has 20 heavy (non-hydrogen) atoms. The van der Waals surface area contributed by atoms with Crippen LogP contribution in [-0.2, 0) is 6.54 Å².